The van der Waals surface area contributed by atoms with Crippen molar-refractivity contribution in [1.29, 1.82) is 0 Å². The molecular formula is C18H16F3NOS. The highest BCUT2D eigenvalue weighted by atomic mass is 32.1. The largest absolute Gasteiger partial charge is 0.416 e. The number of thiophene rings is 1. The number of alkyl halides is 3. The molecule has 1 amide bonds. The molecule has 1 aromatic heterocycles. The summed E-state index contributed by atoms with van der Waals surface area (Å²) in [5, 5.41) is 3.84. The van der Waals surface area contributed by atoms with E-state index in [4.69, 9.17) is 0 Å². The molecule has 0 bridgehead atoms. The van der Waals surface area contributed by atoms with Crippen LogP contribution in [0.4, 0.5) is 18.2 Å². The monoisotopic (exact) mass is 351 g/mol. The molecule has 6 heteroatoms. The van der Waals surface area contributed by atoms with Crippen molar-refractivity contribution in [3.63, 3.8) is 0 Å². The summed E-state index contributed by atoms with van der Waals surface area (Å²) in [6.07, 6.45) is 0.266. The normalized spacial score (nSPS) is 20.3. The van der Waals surface area contributed by atoms with E-state index < -0.39 is 11.7 Å². The molecule has 2 nitrogen and oxygen atoms in total. The summed E-state index contributed by atoms with van der Waals surface area (Å²) in [5.41, 5.74) is 2.57. The molecule has 0 saturated carbocycles. The Labute approximate surface area is 141 Å². The standard InChI is InChI=1S/C18H16F3NOS/c19-18(20,21)11-7-5-10(6-8-11)13-9-15(23)22-17-16(13)12-3-1-2-4-14(12)24-17/h5-8,13H,1-4,9H2,(H,22,23)/t13-/m0/s1. The quantitative estimate of drug-likeness (QED) is 0.759. The Bertz CT molecular complexity index is 792. The fourth-order valence-electron chi connectivity index (χ4n) is 3.71. The van der Waals surface area contributed by atoms with Crippen LogP contribution in [0.15, 0.2) is 24.3 Å². The third-order valence-electron chi connectivity index (χ3n) is 4.84. The van der Waals surface area contributed by atoms with Gasteiger partial charge in [-0.2, -0.15) is 13.2 Å². The maximum atomic E-state index is 12.8. The fraction of sp³-hybridized carbons (Fsp3) is 0.389. The highest BCUT2D eigenvalue weighted by Gasteiger charge is 2.34. The van der Waals surface area contributed by atoms with Crippen LogP contribution in [0.3, 0.4) is 0 Å². The van der Waals surface area contributed by atoms with Crippen molar-refractivity contribution in [2.24, 2.45) is 0 Å². The van der Waals surface area contributed by atoms with Gasteiger partial charge in [0.1, 0.15) is 0 Å². The average molecular weight is 351 g/mol. The van der Waals surface area contributed by atoms with E-state index in [0.717, 1.165) is 53.9 Å². The van der Waals surface area contributed by atoms with Gasteiger partial charge < -0.3 is 5.32 Å². The number of aryl methyl sites for hydroxylation is 1. The number of rotatable bonds is 1. The van der Waals surface area contributed by atoms with E-state index in [0.29, 0.717) is 6.42 Å². The number of anilines is 1. The predicted octanol–water partition coefficient (Wildman–Crippen LogP) is 5.12. The van der Waals surface area contributed by atoms with Gasteiger partial charge in [-0.1, -0.05) is 12.1 Å². The molecule has 0 unspecified atom stereocenters. The summed E-state index contributed by atoms with van der Waals surface area (Å²) in [4.78, 5) is 13.4. The minimum atomic E-state index is -4.34. The molecule has 1 N–H and O–H groups in total. The lowest BCUT2D eigenvalue weighted by Gasteiger charge is -2.25. The number of carbonyl (C=O) groups is 1. The van der Waals surface area contributed by atoms with Gasteiger partial charge in [-0.15, -0.1) is 11.3 Å². The van der Waals surface area contributed by atoms with E-state index >= 15 is 0 Å². The van der Waals surface area contributed by atoms with Gasteiger partial charge in [-0.25, -0.2) is 0 Å². The second-order valence-electron chi connectivity index (χ2n) is 6.38. The Morgan fingerprint density at radius 2 is 1.79 bits per heavy atom. The number of halogens is 3. The molecule has 4 rings (SSSR count). The Kier molecular flexibility index (Phi) is 3.67. The van der Waals surface area contributed by atoms with Gasteiger partial charge in [0.05, 0.1) is 10.6 Å². The smallest absolute Gasteiger partial charge is 0.317 e. The van der Waals surface area contributed by atoms with Crippen LogP contribution >= 0.6 is 11.3 Å². The summed E-state index contributed by atoms with van der Waals surface area (Å²) in [6.45, 7) is 0. The molecule has 0 spiro atoms. The molecular weight excluding hydrogens is 335 g/mol. The second kappa shape index (κ2) is 5.62. The van der Waals surface area contributed by atoms with Crippen molar-refractivity contribution in [3.05, 3.63) is 51.4 Å². The van der Waals surface area contributed by atoms with Crippen LogP contribution in [0.1, 0.15) is 52.3 Å². The first-order chi connectivity index (χ1) is 11.4. The Morgan fingerprint density at radius 3 is 2.50 bits per heavy atom. The molecule has 0 fully saturated rings. The number of nitrogens with one attached hydrogen (secondary N) is 1. The third-order valence-corrected chi connectivity index (χ3v) is 6.07. The minimum Gasteiger partial charge on any atom is -0.317 e. The number of benzene rings is 1. The molecule has 2 heterocycles. The van der Waals surface area contributed by atoms with Crippen molar-refractivity contribution >= 4 is 22.2 Å². The number of hydrogen-bond donors (Lipinski definition) is 1. The maximum absolute atomic E-state index is 12.8. The van der Waals surface area contributed by atoms with E-state index in [1.807, 2.05) is 0 Å². The summed E-state index contributed by atoms with van der Waals surface area (Å²) in [6, 6.07) is 5.26. The molecule has 1 aliphatic carbocycles. The van der Waals surface area contributed by atoms with Gasteiger partial charge >= 0.3 is 6.18 Å². The van der Waals surface area contributed by atoms with Crippen LogP contribution < -0.4 is 5.32 Å². The molecule has 2 aliphatic rings. The van der Waals surface area contributed by atoms with Crippen molar-refractivity contribution in [2.75, 3.05) is 5.32 Å². The van der Waals surface area contributed by atoms with Gasteiger partial charge in [0.2, 0.25) is 5.91 Å². The predicted molar refractivity (Wildman–Crippen MR) is 87.5 cm³/mol. The molecule has 1 aromatic carbocycles. The first-order valence-electron chi connectivity index (χ1n) is 8.05. The second-order valence-corrected chi connectivity index (χ2v) is 7.48. The van der Waals surface area contributed by atoms with Crippen LogP contribution in [-0.2, 0) is 23.8 Å². The van der Waals surface area contributed by atoms with Crippen molar-refractivity contribution in [2.45, 2.75) is 44.2 Å². The summed E-state index contributed by atoms with van der Waals surface area (Å²) in [7, 11) is 0. The Hall–Kier alpha value is -1.82. The summed E-state index contributed by atoms with van der Waals surface area (Å²) < 4.78 is 38.3. The zero-order valence-corrected chi connectivity index (χ0v) is 13.7. The molecule has 126 valence electrons. The van der Waals surface area contributed by atoms with Crippen LogP contribution in [-0.4, -0.2) is 5.91 Å². The van der Waals surface area contributed by atoms with Crippen LogP contribution in [0.5, 0.6) is 0 Å². The zero-order valence-electron chi connectivity index (χ0n) is 12.9. The summed E-state index contributed by atoms with van der Waals surface area (Å²) in [5.74, 6) is -0.208. The van der Waals surface area contributed by atoms with E-state index in [1.54, 1.807) is 11.3 Å². The lowest BCUT2D eigenvalue weighted by Crippen LogP contribution is -2.23. The number of hydrogen-bond acceptors (Lipinski definition) is 2. The van der Waals surface area contributed by atoms with Crippen molar-refractivity contribution in [3.8, 4) is 0 Å². The lowest BCUT2D eigenvalue weighted by atomic mass is 9.82. The van der Waals surface area contributed by atoms with Gasteiger partial charge in [0.25, 0.3) is 0 Å². The number of fused-ring (bicyclic) bond motifs is 3. The van der Waals surface area contributed by atoms with Crippen LogP contribution in [0.25, 0.3) is 0 Å². The Balaban J connectivity index is 1.77. The van der Waals surface area contributed by atoms with Gasteiger partial charge in [-0.3, -0.25) is 4.79 Å². The summed E-state index contributed by atoms with van der Waals surface area (Å²) >= 11 is 1.64. The molecule has 0 radical (unpaired) electrons. The van der Waals surface area contributed by atoms with Crippen LogP contribution in [0, 0.1) is 0 Å². The van der Waals surface area contributed by atoms with Crippen molar-refractivity contribution < 1.29 is 18.0 Å². The van der Waals surface area contributed by atoms with Crippen molar-refractivity contribution in [1.82, 2.24) is 0 Å². The first-order valence-corrected chi connectivity index (χ1v) is 8.86. The molecule has 1 aliphatic heterocycles. The zero-order chi connectivity index (χ0) is 16.9. The van der Waals surface area contributed by atoms with E-state index in [9.17, 15) is 18.0 Å². The average Bonchev–Trinajstić information content (AvgIpc) is 2.91. The lowest BCUT2D eigenvalue weighted by molar-refractivity contribution is -0.137. The molecule has 0 saturated heterocycles. The molecule has 24 heavy (non-hydrogen) atoms. The first kappa shape index (κ1) is 15.7. The van der Waals surface area contributed by atoms with Gasteiger partial charge in [0, 0.05) is 17.2 Å². The minimum absolute atomic E-state index is 0.0639. The highest BCUT2D eigenvalue weighted by Crippen LogP contribution is 2.47. The van der Waals surface area contributed by atoms with Crippen LogP contribution in [0.2, 0.25) is 0 Å². The molecule has 2 aromatic rings. The molecule has 1 atom stereocenters. The highest BCUT2D eigenvalue weighted by molar-refractivity contribution is 7.16. The number of amides is 1. The van der Waals surface area contributed by atoms with E-state index in [1.165, 1.54) is 22.6 Å². The topological polar surface area (TPSA) is 29.1 Å². The fourth-order valence-corrected chi connectivity index (χ4v) is 5.07. The third kappa shape index (κ3) is 2.62. The van der Waals surface area contributed by atoms with Gasteiger partial charge in [-0.05, 0) is 54.5 Å². The number of carbonyl (C=O) groups excluding carboxylic acids is 1. The van der Waals surface area contributed by atoms with E-state index in [-0.39, 0.29) is 11.8 Å². The Morgan fingerprint density at radius 1 is 1.08 bits per heavy atom. The SMILES string of the molecule is O=C1C[C@@H](c2ccc(C(F)(F)F)cc2)c2c(sc3c2CCCC3)N1. The van der Waals surface area contributed by atoms with Gasteiger partial charge in [0.15, 0.2) is 0 Å². The maximum Gasteiger partial charge on any atom is 0.416 e. The van der Waals surface area contributed by atoms with E-state index in [2.05, 4.69) is 5.32 Å².